The first-order valence-corrected chi connectivity index (χ1v) is 7.11. The molecule has 3 heterocycles. The maximum Gasteiger partial charge on any atom is 0.0969 e. The van der Waals surface area contributed by atoms with Crippen LogP contribution in [0.25, 0.3) is 11.3 Å². The largest absolute Gasteiger partial charge is 0.312 e. The van der Waals surface area contributed by atoms with E-state index in [0.717, 1.165) is 37.4 Å². The minimum atomic E-state index is 0.560. The molecule has 5 nitrogen and oxygen atoms in total. The zero-order chi connectivity index (χ0) is 13.9. The second-order valence-corrected chi connectivity index (χ2v) is 5.50. The van der Waals surface area contributed by atoms with Gasteiger partial charge in [0.15, 0.2) is 0 Å². The second kappa shape index (κ2) is 5.73. The average molecular weight is 271 g/mol. The highest BCUT2D eigenvalue weighted by Crippen LogP contribution is 2.22. The van der Waals surface area contributed by atoms with Crippen LogP contribution in [0.1, 0.15) is 12.5 Å². The molecule has 0 aromatic carbocycles. The number of hydrogen-bond donors (Lipinski definition) is 1. The molecule has 1 N–H and O–H groups in total. The van der Waals surface area contributed by atoms with Crippen molar-refractivity contribution in [3.63, 3.8) is 0 Å². The van der Waals surface area contributed by atoms with Crippen LogP contribution in [-0.4, -0.2) is 45.3 Å². The van der Waals surface area contributed by atoms with Gasteiger partial charge in [-0.3, -0.25) is 14.6 Å². The van der Waals surface area contributed by atoms with Gasteiger partial charge in [0.05, 0.1) is 5.69 Å². The smallest absolute Gasteiger partial charge is 0.0969 e. The Hall–Kier alpha value is -1.72. The molecule has 3 rings (SSSR count). The summed E-state index contributed by atoms with van der Waals surface area (Å²) in [6.45, 7) is 6.43. The van der Waals surface area contributed by atoms with Gasteiger partial charge in [-0.25, -0.2) is 0 Å². The van der Waals surface area contributed by atoms with Gasteiger partial charge in [0.2, 0.25) is 0 Å². The summed E-state index contributed by atoms with van der Waals surface area (Å²) < 4.78 is 1.90. The lowest BCUT2D eigenvalue weighted by Crippen LogP contribution is -2.48. The van der Waals surface area contributed by atoms with Crippen LogP contribution >= 0.6 is 0 Å². The number of pyridine rings is 1. The molecule has 0 saturated carbocycles. The molecule has 1 fully saturated rings. The summed E-state index contributed by atoms with van der Waals surface area (Å²) >= 11 is 0. The molecular formula is C15H21N5. The standard InChI is InChI=1S/C15H21N5/c1-12-9-20(8-7-17-12)11-14-10-19(2)18-15(14)13-3-5-16-6-4-13/h3-6,10,12,17H,7-9,11H2,1-2H3/t12-/m0/s1. The van der Waals surface area contributed by atoms with E-state index in [1.54, 1.807) is 0 Å². The lowest BCUT2D eigenvalue weighted by molar-refractivity contribution is 0.200. The van der Waals surface area contributed by atoms with Crippen molar-refractivity contribution in [3.05, 3.63) is 36.3 Å². The minimum absolute atomic E-state index is 0.560. The van der Waals surface area contributed by atoms with E-state index in [9.17, 15) is 0 Å². The summed E-state index contributed by atoms with van der Waals surface area (Å²) in [7, 11) is 1.98. The molecular weight excluding hydrogens is 250 g/mol. The SMILES string of the molecule is C[C@H]1CN(Cc2cn(C)nc2-c2ccncc2)CCN1. The Morgan fingerprint density at radius 2 is 2.15 bits per heavy atom. The van der Waals surface area contributed by atoms with E-state index >= 15 is 0 Å². The van der Waals surface area contributed by atoms with Crippen molar-refractivity contribution in [2.75, 3.05) is 19.6 Å². The maximum absolute atomic E-state index is 4.61. The van der Waals surface area contributed by atoms with Crippen LogP contribution in [0.4, 0.5) is 0 Å². The monoisotopic (exact) mass is 271 g/mol. The molecule has 0 aliphatic carbocycles. The summed E-state index contributed by atoms with van der Waals surface area (Å²) in [5, 5.41) is 8.09. The molecule has 2 aromatic rings. The molecule has 1 aliphatic rings. The van der Waals surface area contributed by atoms with E-state index < -0.39 is 0 Å². The van der Waals surface area contributed by atoms with Gasteiger partial charge in [0.25, 0.3) is 0 Å². The molecule has 20 heavy (non-hydrogen) atoms. The molecule has 5 heteroatoms. The quantitative estimate of drug-likeness (QED) is 0.913. The van der Waals surface area contributed by atoms with Crippen molar-refractivity contribution in [3.8, 4) is 11.3 Å². The molecule has 0 amide bonds. The molecule has 0 spiro atoms. The van der Waals surface area contributed by atoms with Gasteiger partial charge >= 0.3 is 0 Å². The van der Waals surface area contributed by atoms with Gasteiger partial charge in [0.1, 0.15) is 0 Å². The van der Waals surface area contributed by atoms with Crippen LogP contribution in [0, 0.1) is 0 Å². The van der Waals surface area contributed by atoms with Crippen LogP contribution in [-0.2, 0) is 13.6 Å². The van der Waals surface area contributed by atoms with Crippen LogP contribution < -0.4 is 5.32 Å². The number of rotatable bonds is 3. The fourth-order valence-electron chi connectivity index (χ4n) is 2.80. The zero-order valence-corrected chi connectivity index (χ0v) is 12.1. The van der Waals surface area contributed by atoms with Gasteiger partial charge in [-0.1, -0.05) is 0 Å². The first kappa shape index (κ1) is 13.3. The van der Waals surface area contributed by atoms with Gasteiger partial charge in [-0.15, -0.1) is 0 Å². The van der Waals surface area contributed by atoms with Gasteiger partial charge in [0, 0.05) is 69.0 Å². The lowest BCUT2D eigenvalue weighted by atomic mass is 10.1. The fourth-order valence-corrected chi connectivity index (χ4v) is 2.80. The van der Waals surface area contributed by atoms with E-state index in [-0.39, 0.29) is 0 Å². The second-order valence-electron chi connectivity index (χ2n) is 5.50. The van der Waals surface area contributed by atoms with E-state index in [4.69, 9.17) is 0 Å². The van der Waals surface area contributed by atoms with Crippen molar-refractivity contribution >= 4 is 0 Å². The summed E-state index contributed by atoms with van der Waals surface area (Å²) in [4.78, 5) is 6.57. The average Bonchev–Trinajstić information content (AvgIpc) is 2.80. The lowest BCUT2D eigenvalue weighted by Gasteiger charge is -2.31. The third kappa shape index (κ3) is 2.89. The number of piperazine rings is 1. The normalized spacial score (nSPS) is 20.2. The summed E-state index contributed by atoms with van der Waals surface area (Å²) in [5.41, 5.74) is 3.49. The molecule has 0 bridgehead atoms. The summed E-state index contributed by atoms with van der Waals surface area (Å²) in [6, 6.07) is 4.60. The Kier molecular flexibility index (Phi) is 3.80. The van der Waals surface area contributed by atoms with Gasteiger partial charge in [-0.2, -0.15) is 5.10 Å². The topological polar surface area (TPSA) is 46.0 Å². The summed E-state index contributed by atoms with van der Waals surface area (Å²) in [6.07, 6.45) is 5.77. The Bertz CT molecular complexity index is 563. The molecule has 2 aromatic heterocycles. The fraction of sp³-hybridized carbons (Fsp3) is 0.467. The van der Waals surface area contributed by atoms with Crippen molar-refractivity contribution in [2.24, 2.45) is 7.05 Å². The van der Waals surface area contributed by atoms with E-state index in [1.165, 1.54) is 5.56 Å². The predicted octanol–water partition coefficient (Wildman–Crippen LogP) is 1.28. The third-order valence-corrected chi connectivity index (χ3v) is 3.71. The van der Waals surface area contributed by atoms with Crippen LogP contribution in [0.15, 0.2) is 30.7 Å². The van der Waals surface area contributed by atoms with E-state index in [0.29, 0.717) is 6.04 Å². The molecule has 1 atom stereocenters. The van der Waals surface area contributed by atoms with Gasteiger partial charge < -0.3 is 5.32 Å². The van der Waals surface area contributed by atoms with Crippen LogP contribution in [0.3, 0.4) is 0 Å². The van der Waals surface area contributed by atoms with E-state index in [1.807, 2.05) is 36.3 Å². The highest BCUT2D eigenvalue weighted by molar-refractivity contribution is 5.61. The molecule has 1 saturated heterocycles. The Morgan fingerprint density at radius 3 is 2.90 bits per heavy atom. The molecule has 0 unspecified atom stereocenters. The number of aromatic nitrogens is 3. The maximum atomic E-state index is 4.61. The van der Waals surface area contributed by atoms with Crippen LogP contribution in [0.5, 0.6) is 0 Å². The predicted molar refractivity (Wildman–Crippen MR) is 79.2 cm³/mol. The van der Waals surface area contributed by atoms with Crippen molar-refractivity contribution in [1.82, 2.24) is 25.0 Å². The Labute approximate surface area is 119 Å². The van der Waals surface area contributed by atoms with Crippen molar-refractivity contribution < 1.29 is 0 Å². The number of nitrogens with zero attached hydrogens (tertiary/aromatic N) is 4. The first-order chi connectivity index (χ1) is 9.72. The van der Waals surface area contributed by atoms with Crippen molar-refractivity contribution in [1.29, 1.82) is 0 Å². The summed E-state index contributed by atoms with van der Waals surface area (Å²) in [5.74, 6) is 0. The van der Waals surface area contributed by atoms with Crippen LogP contribution in [0.2, 0.25) is 0 Å². The number of hydrogen-bond acceptors (Lipinski definition) is 4. The Balaban J connectivity index is 1.83. The molecule has 0 radical (unpaired) electrons. The highest BCUT2D eigenvalue weighted by Gasteiger charge is 2.18. The van der Waals surface area contributed by atoms with Gasteiger partial charge in [-0.05, 0) is 19.1 Å². The highest BCUT2D eigenvalue weighted by atomic mass is 15.3. The van der Waals surface area contributed by atoms with E-state index in [2.05, 4.69) is 33.4 Å². The number of aryl methyl sites for hydroxylation is 1. The first-order valence-electron chi connectivity index (χ1n) is 7.11. The molecule has 1 aliphatic heterocycles. The molecule has 106 valence electrons. The Morgan fingerprint density at radius 1 is 1.35 bits per heavy atom. The third-order valence-electron chi connectivity index (χ3n) is 3.71. The van der Waals surface area contributed by atoms with Crippen molar-refractivity contribution in [2.45, 2.75) is 19.5 Å². The zero-order valence-electron chi connectivity index (χ0n) is 12.1. The number of nitrogens with one attached hydrogen (secondary N) is 1. The minimum Gasteiger partial charge on any atom is -0.312 e.